The molecule has 0 saturated carbocycles. The summed E-state index contributed by atoms with van der Waals surface area (Å²) in [6, 6.07) is 2.52. The zero-order valence-corrected chi connectivity index (χ0v) is 15.3. The smallest absolute Gasteiger partial charge is 0.328 e. The van der Waals surface area contributed by atoms with Gasteiger partial charge in [-0.05, 0) is 25.5 Å². The van der Waals surface area contributed by atoms with Crippen molar-refractivity contribution < 1.29 is 28.6 Å². The highest BCUT2D eigenvalue weighted by atomic mass is 16.5. The highest BCUT2D eigenvalue weighted by molar-refractivity contribution is 6.25. The van der Waals surface area contributed by atoms with E-state index in [4.69, 9.17) is 15.0 Å². The molecule has 27 heavy (non-hydrogen) atoms. The number of esters is 1. The summed E-state index contributed by atoms with van der Waals surface area (Å²) < 4.78 is 10.1. The van der Waals surface area contributed by atoms with Crippen LogP contribution >= 0.6 is 0 Å². The van der Waals surface area contributed by atoms with E-state index in [0.29, 0.717) is 6.54 Å². The maximum atomic E-state index is 12.3. The lowest BCUT2D eigenvalue weighted by Gasteiger charge is -2.19. The van der Waals surface area contributed by atoms with Gasteiger partial charge in [-0.2, -0.15) is 4.79 Å². The van der Waals surface area contributed by atoms with Gasteiger partial charge in [-0.3, -0.25) is 14.6 Å². The van der Waals surface area contributed by atoms with E-state index < -0.39 is 29.8 Å². The zero-order chi connectivity index (χ0) is 20.1. The van der Waals surface area contributed by atoms with Gasteiger partial charge in [0.25, 0.3) is 0 Å². The quantitative estimate of drug-likeness (QED) is 0.174. The molecule has 1 rings (SSSR count). The summed E-state index contributed by atoms with van der Waals surface area (Å²) in [6.45, 7) is 1.96. The van der Waals surface area contributed by atoms with Gasteiger partial charge in [-0.1, -0.05) is 0 Å². The number of anilines is 1. The van der Waals surface area contributed by atoms with Gasteiger partial charge in [-0.15, -0.1) is 0 Å². The lowest BCUT2D eigenvalue weighted by molar-refractivity contribution is -0.149. The molecule has 0 saturated heterocycles. The third kappa shape index (κ3) is 8.70. The van der Waals surface area contributed by atoms with Gasteiger partial charge >= 0.3 is 12.2 Å². The average molecular weight is 377 g/mol. The van der Waals surface area contributed by atoms with E-state index in [1.54, 1.807) is 24.5 Å². The summed E-state index contributed by atoms with van der Waals surface area (Å²) in [4.78, 5) is 42.2. The summed E-state index contributed by atoms with van der Waals surface area (Å²) in [6.07, 6.45) is 3.14. The zero-order valence-electron chi connectivity index (χ0n) is 15.3. The second-order valence-electron chi connectivity index (χ2n) is 5.52. The van der Waals surface area contributed by atoms with E-state index >= 15 is 0 Å². The molecule has 0 aliphatic carbocycles. The molecule has 1 aromatic rings. The highest BCUT2D eigenvalue weighted by Gasteiger charge is 2.25. The summed E-state index contributed by atoms with van der Waals surface area (Å²) >= 11 is 0. The number of Topliss-reactive ketones (excluding diaryl/α,β-unsaturated/α-hetero) is 1. The van der Waals surface area contributed by atoms with Crippen molar-refractivity contribution in [2.75, 3.05) is 25.6 Å². The van der Waals surface area contributed by atoms with Gasteiger partial charge in [0.1, 0.15) is 18.8 Å². The molecule has 2 N–H and O–H groups in total. The Hall–Kier alpha value is -3.10. The topological polar surface area (TPSA) is 143 Å². The Balaban J connectivity index is 2.55. The van der Waals surface area contributed by atoms with Crippen molar-refractivity contribution in [1.82, 2.24) is 10.3 Å². The Morgan fingerprint density at radius 1 is 1.33 bits per heavy atom. The number of rotatable bonds is 12. The van der Waals surface area contributed by atoms with Crippen LogP contribution in [-0.2, 0) is 23.9 Å². The molecule has 0 bridgehead atoms. The van der Waals surface area contributed by atoms with Gasteiger partial charge < -0.3 is 25.6 Å². The maximum absolute atomic E-state index is 12.3. The first-order valence-corrected chi connectivity index (χ1v) is 8.32. The van der Waals surface area contributed by atoms with Crippen molar-refractivity contribution in [3.05, 3.63) is 30.1 Å². The molecule has 2 atom stereocenters. The van der Waals surface area contributed by atoms with Crippen molar-refractivity contribution in [3.8, 4) is 0 Å². The van der Waals surface area contributed by atoms with Crippen molar-refractivity contribution in [3.63, 3.8) is 0 Å². The second-order valence-corrected chi connectivity index (χ2v) is 5.52. The molecular formula is C17H23N5O5. The third-order valence-electron chi connectivity index (χ3n) is 3.56. The van der Waals surface area contributed by atoms with Crippen LogP contribution in [0.4, 0.5) is 5.69 Å². The first kappa shape index (κ1) is 21.9. The van der Waals surface area contributed by atoms with E-state index in [-0.39, 0.29) is 19.4 Å². The number of hydrogen-bond acceptors (Lipinski definition) is 7. The number of hydrogen-bond donors (Lipinski definition) is 2. The molecule has 10 heteroatoms. The average Bonchev–Trinajstić information content (AvgIpc) is 2.68. The Morgan fingerprint density at radius 3 is 2.67 bits per heavy atom. The molecule has 146 valence electrons. The summed E-state index contributed by atoms with van der Waals surface area (Å²) in [7, 11) is 1.36. The number of nitrogens with one attached hydrogen (secondary N) is 2. The highest BCUT2D eigenvalue weighted by Crippen LogP contribution is 2.04. The van der Waals surface area contributed by atoms with E-state index in [9.17, 15) is 14.4 Å². The predicted molar refractivity (Wildman–Crippen MR) is 96.0 cm³/mol. The fourth-order valence-electron chi connectivity index (χ4n) is 1.98. The lowest BCUT2D eigenvalue weighted by atomic mass is 10.1. The number of carbonyl (C=O) groups is 3. The molecule has 10 nitrogen and oxygen atoms in total. The number of methoxy groups -OCH3 is 1. The second kappa shape index (κ2) is 12.3. The van der Waals surface area contributed by atoms with Crippen LogP contribution in [0.1, 0.15) is 19.8 Å². The molecule has 1 heterocycles. The van der Waals surface area contributed by atoms with Crippen LogP contribution in [0.2, 0.25) is 0 Å². The normalized spacial score (nSPS) is 12.2. The number of amides is 1. The van der Waals surface area contributed by atoms with Crippen LogP contribution in [0.3, 0.4) is 0 Å². The number of ketones is 1. The molecule has 0 spiro atoms. The van der Waals surface area contributed by atoms with Crippen LogP contribution in [0, 0.1) is 0 Å². The molecule has 0 aromatic carbocycles. The number of pyridine rings is 1. The lowest BCUT2D eigenvalue weighted by Crippen LogP contribution is -2.46. The standard InChI is InChI=1S/C17H23N5O5/c1-12(26-2)16(24)22-15(4-3-14(23)11-21-18)17(25)27-10-9-20-13-5-7-19-8-6-13/h5-8,11-12,15H,3-4,9-10H2,1-2H3,(H,19,20)(H,22,24)/t12-,15-/m0/s1. The number of aromatic nitrogens is 1. The van der Waals surface area contributed by atoms with Crippen LogP contribution < -0.4 is 10.6 Å². The fourth-order valence-corrected chi connectivity index (χ4v) is 1.98. The third-order valence-corrected chi connectivity index (χ3v) is 3.56. The first-order chi connectivity index (χ1) is 13.0. The van der Waals surface area contributed by atoms with Crippen LogP contribution in [-0.4, -0.2) is 66.1 Å². The summed E-state index contributed by atoms with van der Waals surface area (Å²) in [5, 5.41) is 5.55. The molecule has 0 aliphatic rings. The van der Waals surface area contributed by atoms with E-state index in [2.05, 4.69) is 20.4 Å². The molecule has 0 fully saturated rings. The predicted octanol–water partition coefficient (Wildman–Crippen LogP) is 0.206. The van der Waals surface area contributed by atoms with E-state index in [1.165, 1.54) is 14.0 Å². The van der Waals surface area contributed by atoms with Gasteiger partial charge in [0, 0.05) is 38.2 Å². The Bertz CT molecular complexity index is 676. The van der Waals surface area contributed by atoms with Gasteiger partial charge in [-0.25, -0.2) is 4.79 Å². The first-order valence-electron chi connectivity index (χ1n) is 8.32. The molecular weight excluding hydrogens is 354 g/mol. The fraction of sp³-hybridized carbons (Fsp3) is 0.471. The number of ether oxygens (including phenoxy) is 2. The Labute approximate surface area is 156 Å². The van der Waals surface area contributed by atoms with Crippen LogP contribution in [0.15, 0.2) is 24.5 Å². The number of nitrogens with zero attached hydrogens (tertiary/aromatic N) is 3. The van der Waals surface area contributed by atoms with Crippen LogP contribution in [0.25, 0.3) is 5.53 Å². The Kier molecular flexibility index (Phi) is 9.98. The van der Waals surface area contributed by atoms with Crippen LogP contribution in [0.5, 0.6) is 0 Å². The van der Waals surface area contributed by atoms with Crippen molar-refractivity contribution >= 4 is 29.6 Å². The Morgan fingerprint density at radius 2 is 2.04 bits per heavy atom. The minimum absolute atomic E-state index is 0.00362. The minimum Gasteiger partial charge on any atom is -0.462 e. The minimum atomic E-state index is -1.02. The van der Waals surface area contributed by atoms with Crippen molar-refractivity contribution in [1.29, 1.82) is 0 Å². The molecule has 0 unspecified atom stereocenters. The summed E-state index contributed by atoms with van der Waals surface area (Å²) in [5.74, 6) is -1.65. The van der Waals surface area contributed by atoms with Gasteiger partial charge in [0.15, 0.2) is 0 Å². The molecule has 0 aliphatic heterocycles. The molecule has 0 radical (unpaired) electrons. The SMILES string of the molecule is CO[C@@H](C)C(=O)N[C@@H](CCC(=O)C=[N+]=[N-])C(=O)OCCNc1ccncc1. The summed E-state index contributed by atoms with van der Waals surface area (Å²) in [5.41, 5.74) is 9.19. The van der Waals surface area contributed by atoms with Crippen molar-refractivity contribution in [2.45, 2.75) is 31.9 Å². The van der Waals surface area contributed by atoms with E-state index in [1.807, 2.05) is 0 Å². The number of carbonyl (C=O) groups excluding carboxylic acids is 3. The van der Waals surface area contributed by atoms with Crippen molar-refractivity contribution in [2.24, 2.45) is 0 Å². The molecule has 1 aromatic heterocycles. The van der Waals surface area contributed by atoms with E-state index in [0.717, 1.165) is 11.9 Å². The van der Waals surface area contributed by atoms with Gasteiger partial charge in [0.05, 0.1) is 0 Å². The monoisotopic (exact) mass is 377 g/mol. The largest absolute Gasteiger partial charge is 0.462 e. The maximum Gasteiger partial charge on any atom is 0.328 e. The van der Waals surface area contributed by atoms with Gasteiger partial charge in [0.2, 0.25) is 11.7 Å². The molecule has 1 amide bonds.